The van der Waals surface area contributed by atoms with Crippen molar-refractivity contribution in [2.75, 3.05) is 20.2 Å². The minimum absolute atomic E-state index is 0.0712. The second-order valence-corrected chi connectivity index (χ2v) is 4.93. The molecule has 0 fully saturated rings. The Labute approximate surface area is 112 Å². The first-order valence-corrected chi connectivity index (χ1v) is 6.31. The number of carbonyl (C=O) groups is 1. The number of hydrogen-bond donors (Lipinski definition) is 2. The number of benzene rings is 1. The lowest BCUT2D eigenvalue weighted by Crippen LogP contribution is -2.34. The molecule has 1 aliphatic heterocycles. The summed E-state index contributed by atoms with van der Waals surface area (Å²) >= 11 is 0. The number of rotatable bonds is 4. The number of methoxy groups -OCH3 is 1. The molecule has 1 aromatic rings. The normalized spacial score (nSPS) is 19.0. The number of phenolic OH excluding ortho intramolecular Hbond substituents is 1. The third-order valence-electron chi connectivity index (χ3n) is 3.40. The lowest BCUT2D eigenvalue weighted by atomic mass is 9.96. The molecule has 19 heavy (non-hydrogen) atoms. The van der Waals surface area contributed by atoms with E-state index in [0.29, 0.717) is 31.8 Å². The Hall–Kier alpha value is -1.59. The summed E-state index contributed by atoms with van der Waals surface area (Å²) in [5.74, 6) is 0.578. The number of ether oxygens (including phenoxy) is 1. The fourth-order valence-electron chi connectivity index (χ4n) is 2.37. The van der Waals surface area contributed by atoms with E-state index in [2.05, 4.69) is 0 Å². The standard InChI is InChI=1S/C14H19NO4/c1-9(16)3-4-15-7-10-5-12(17)14(19-2)6-11(10)13(18)8-15/h5-6,13,17-18H,3-4,7-8H2,1-2H3/t13-/m0/s1. The molecular weight excluding hydrogens is 246 g/mol. The number of aliphatic hydroxyl groups is 1. The van der Waals surface area contributed by atoms with E-state index < -0.39 is 6.10 Å². The van der Waals surface area contributed by atoms with E-state index >= 15 is 0 Å². The van der Waals surface area contributed by atoms with E-state index in [-0.39, 0.29) is 11.5 Å². The smallest absolute Gasteiger partial charge is 0.160 e. The molecular formula is C14H19NO4. The van der Waals surface area contributed by atoms with Crippen LogP contribution >= 0.6 is 0 Å². The summed E-state index contributed by atoms with van der Waals surface area (Å²) in [6.07, 6.45) is -0.144. The molecule has 5 heteroatoms. The van der Waals surface area contributed by atoms with Crippen molar-refractivity contribution in [2.45, 2.75) is 26.0 Å². The summed E-state index contributed by atoms with van der Waals surface area (Å²) in [7, 11) is 1.48. The molecule has 0 bridgehead atoms. The molecule has 0 saturated heterocycles. The second kappa shape index (κ2) is 5.59. The lowest BCUT2D eigenvalue weighted by molar-refractivity contribution is -0.117. The van der Waals surface area contributed by atoms with Crippen molar-refractivity contribution < 1.29 is 19.7 Å². The number of aromatic hydroxyl groups is 1. The van der Waals surface area contributed by atoms with Gasteiger partial charge in [0.05, 0.1) is 13.2 Å². The van der Waals surface area contributed by atoms with Gasteiger partial charge in [0.2, 0.25) is 0 Å². The molecule has 0 aromatic heterocycles. The van der Waals surface area contributed by atoms with Crippen LogP contribution in [0.4, 0.5) is 0 Å². The minimum atomic E-state index is -0.620. The number of ketones is 1. The van der Waals surface area contributed by atoms with Gasteiger partial charge in [0.15, 0.2) is 11.5 Å². The number of Topliss-reactive ketones (excluding diaryl/α,β-unsaturated/α-hetero) is 1. The largest absolute Gasteiger partial charge is 0.504 e. The lowest BCUT2D eigenvalue weighted by Gasteiger charge is -2.32. The molecule has 1 aromatic carbocycles. The molecule has 5 nitrogen and oxygen atoms in total. The van der Waals surface area contributed by atoms with Crippen molar-refractivity contribution in [1.29, 1.82) is 0 Å². The van der Waals surface area contributed by atoms with Gasteiger partial charge in [-0.1, -0.05) is 0 Å². The predicted octanol–water partition coefficient (Wildman–Crippen LogP) is 1.23. The molecule has 0 saturated carbocycles. The number of hydrogen-bond acceptors (Lipinski definition) is 5. The van der Waals surface area contributed by atoms with Gasteiger partial charge in [-0.15, -0.1) is 0 Å². The highest BCUT2D eigenvalue weighted by Crippen LogP contribution is 2.35. The van der Waals surface area contributed by atoms with Gasteiger partial charge < -0.3 is 14.9 Å². The zero-order chi connectivity index (χ0) is 14.0. The van der Waals surface area contributed by atoms with Gasteiger partial charge in [0.25, 0.3) is 0 Å². The van der Waals surface area contributed by atoms with Gasteiger partial charge >= 0.3 is 0 Å². The monoisotopic (exact) mass is 265 g/mol. The predicted molar refractivity (Wildman–Crippen MR) is 70.2 cm³/mol. The van der Waals surface area contributed by atoms with Gasteiger partial charge in [0, 0.05) is 26.1 Å². The Morgan fingerprint density at radius 3 is 2.89 bits per heavy atom. The SMILES string of the molecule is COc1cc2c(cc1O)CN(CCC(C)=O)C[C@@H]2O. The Bertz CT molecular complexity index is 487. The summed E-state index contributed by atoms with van der Waals surface area (Å²) in [6.45, 7) is 3.30. The molecule has 1 aliphatic rings. The molecule has 0 radical (unpaired) electrons. The molecule has 104 valence electrons. The molecule has 2 N–H and O–H groups in total. The maximum absolute atomic E-state index is 11.0. The highest BCUT2D eigenvalue weighted by atomic mass is 16.5. The van der Waals surface area contributed by atoms with Crippen molar-refractivity contribution in [1.82, 2.24) is 4.90 Å². The van der Waals surface area contributed by atoms with Crippen LogP contribution < -0.4 is 4.74 Å². The van der Waals surface area contributed by atoms with Crippen LogP contribution in [0.3, 0.4) is 0 Å². The van der Waals surface area contributed by atoms with E-state index in [1.165, 1.54) is 7.11 Å². The first-order valence-electron chi connectivity index (χ1n) is 6.31. The first-order chi connectivity index (χ1) is 9.01. The van der Waals surface area contributed by atoms with Crippen LogP contribution in [0.25, 0.3) is 0 Å². The van der Waals surface area contributed by atoms with Crippen LogP contribution in [0.2, 0.25) is 0 Å². The van der Waals surface area contributed by atoms with Gasteiger partial charge in [0.1, 0.15) is 5.78 Å². The van der Waals surface area contributed by atoms with E-state index in [0.717, 1.165) is 11.1 Å². The average Bonchev–Trinajstić information content (AvgIpc) is 2.35. The maximum atomic E-state index is 11.0. The number of β-amino-alcohol motifs (C(OH)–C–C–N with tert-alkyl or cyclic N) is 1. The van der Waals surface area contributed by atoms with E-state index in [4.69, 9.17) is 4.74 Å². The number of fused-ring (bicyclic) bond motifs is 1. The van der Waals surface area contributed by atoms with Crippen molar-refractivity contribution in [3.63, 3.8) is 0 Å². The van der Waals surface area contributed by atoms with Gasteiger partial charge in [-0.3, -0.25) is 9.69 Å². The number of aliphatic hydroxyl groups excluding tert-OH is 1. The molecule has 1 heterocycles. The van der Waals surface area contributed by atoms with E-state index in [1.54, 1.807) is 19.1 Å². The molecule has 0 unspecified atom stereocenters. The van der Waals surface area contributed by atoms with E-state index in [1.807, 2.05) is 4.90 Å². The summed E-state index contributed by atoms with van der Waals surface area (Å²) in [5, 5.41) is 19.9. The summed E-state index contributed by atoms with van der Waals surface area (Å²) in [6, 6.07) is 3.30. The maximum Gasteiger partial charge on any atom is 0.160 e. The quantitative estimate of drug-likeness (QED) is 0.857. The molecule has 0 aliphatic carbocycles. The third-order valence-corrected chi connectivity index (χ3v) is 3.40. The highest BCUT2D eigenvalue weighted by molar-refractivity contribution is 5.75. The third kappa shape index (κ3) is 3.05. The number of phenols is 1. The first kappa shape index (κ1) is 13.8. The second-order valence-electron chi connectivity index (χ2n) is 4.93. The zero-order valence-corrected chi connectivity index (χ0v) is 11.2. The summed E-state index contributed by atoms with van der Waals surface area (Å²) < 4.78 is 5.05. The Kier molecular flexibility index (Phi) is 4.07. The van der Waals surface area contributed by atoms with Crippen molar-refractivity contribution in [3.05, 3.63) is 23.3 Å². The summed E-state index contributed by atoms with van der Waals surface area (Å²) in [4.78, 5) is 13.0. The van der Waals surface area contributed by atoms with Gasteiger partial charge in [-0.25, -0.2) is 0 Å². The Morgan fingerprint density at radius 2 is 2.26 bits per heavy atom. The van der Waals surface area contributed by atoms with Crippen LogP contribution in [-0.2, 0) is 11.3 Å². The van der Waals surface area contributed by atoms with Crippen LogP contribution in [0.5, 0.6) is 11.5 Å². The fraction of sp³-hybridized carbons (Fsp3) is 0.500. The van der Waals surface area contributed by atoms with Crippen LogP contribution in [0.1, 0.15) is 30.6 Å². The van der Waals surface area contributed by atoms with Crippen molar-refractivity contribution in [3.8, 4) is 11.5 Å². The molecule has 0 spiro atoms. The molecule has 1 atom stereocenters. The van der Waals surface area contributed by atoms with E-state index in [9.17, 15) is 15.0 Å². The number of carbonyl (C=O) groups excluding carboxylic acids is 1. The van der Waals surface area contributed by atoms with Crippen LogP contribution in [0.15, 0.2) is 12.1 Å². The van der Waals surface area contributed by atoms with Crippen molar-refractivity contribution >= 4 is 5.78 Å². The van der Waals surface area contributed by atoms with Gasteiger partial charge in [-0.2, -0.15) is 0 Å². The fourth-order valence-corrected chi connectivity index (χ4v) is 2.37. The van der Waals surface area contributed by atoms with Crippen molar-refractivity contribution in [2.24, 2.45) is 0 Å². The van der Waals surface area contributed by atoms with Crippen LogP contribution in [0, 0.1) is 0 Å². The number of nitrogens with zero attached hydrogens (tertiary/aromatic N) is 1. The highest BCUT2D eigenvalue weighted by Gasteiger charge is 2.25. The molecule has 0 amide bonds. The average molecular weight is 265 g/mol. The summed E-state index contributed by atoms with van der Waals surface area (Å²) in [5.41, 5.74) is 1.66. The minimum Gasteiger partial charge on any atom is -0.504 e. The van der Waals surface area contributed by atoms with Crippen LogP contribution in [-0.4, -0.2) is 41.1 Å². The Balaban J connectivity index is 2.19. The van der Waals surface area contributed by atoms with Gasteiger partial charge in [-0.05, 0) is 30.2 Å². The molecule has 2 rings (SSSR count). The Morgan fingerprint density at radius 1 is 1.53 bits per heavy atom. The zero-order valence-electron chi connectivity index (χ0n) is 11.2. The topological polar surface area (TPSA) is 70.0 Å².